The minimum Gasteiger partial charge on any atom is -0.494 e. The molecule has 15 heavy (non-hydrogen) atoms. The van der Waals surface area contributed by atoms with E-state index >= 15 is 0 Å². The summed E-state index contributed by atoms with van der Waals surface area (Å²) in [7, 11) is 1.44. The Morgan fingerprint density at radius 2 is 2.07 bits per heavy atom. The number of hydrogen-bond donors (Lipinski definition) is 1. The minimum atomic E-state index is -0.272. The summed E-state index contributed by atoms with van der Waals surface area (Å²) in [6, 6.07) is 4.90. The highest BCUT2D eigenvalue weighted by Crippen LogP contribution is 2.26. The molecular formula is C11H13NO3. The first-order chi connectivity index (χ1) is 7.06. The van der Waals surface area contributed by atoms with Crippen LogP contribution in [0.4, 0.5) is 5.69 Å². The molecule has 0 bridgehead atoms. The van der Waals surface area contributed by atoms with Crippen LogP contribution in [0.1, 0.15) is 23.7 Å². The van der Waals surface area contributed by atoms with Crippen molar-refractivity contribution in [3.8, 4) is 5.75 Å². The van der Waals surface area contributed by atoms with Crippen molar-refractivity contribution in [2.75, 3.05) is 12.8 Å². The van der Waals surface area contributed by atoms with Gasteiger partial charge >= 0.3 is 0 Å². The molecule has 0 saturated heterocycles. The first-order valence-electron chi connectivity index (χ1n) is 4.51. The van der Waals surface area contributed by atoms with Gasteiger partial charge in [-0.25, -0.2) is 0 Å². The number of ether oxygens (including phenoxy) is 1. The van der Waals surface area contributed by atoms with Crippen LogP contribution in [-0.2, 0) is 4.79 Å². The van der Waals surface area contributed by atoms with Gasteiger partial charge in [-0.3, -0.25) is 9.59 Å². The molecule has 4 nitrogen and oxygen atoms in total. The molecule has 0 aromatic heterocycles. The molecule has 0 amide bonds. The van der Waals surface area contributed by atoms with Crippen LogP contribution < -0.4 is 10.5 Å². The molecule has 0 heterocycles. The Morgan fingerprint density at radius 1 is 1.40 bits per heavy atom. The molecule has 0 aliphatic rings. The van der Waals surface area contributed by atoms with Crippen molar-refractivity contribution in [2.45, 2.75) is 13.3 Å². The molecule has 0 unspecified atom stereocenters. The van der Waals surface area contributed by atoms with Crippen molar-refractivity contribution in [3.05, 3.63) is 23.8 Å². The zero-order valence-corrected chi connectivity index (χ0v) is 8.74. The first-order valence-corrected chi connectivity index (χ1v) is 4.51. The summed E-state index contributed by atoms with van der Waals surface area (Å²) in [5.41, 5.74) is 6.39. The van der Waals surface area contributed by atoms with Gasteiger partial charge in [0, 0.05) is 0 Å². The third-order valence-corrected chi connectivity index (χ3v) is 1.96. The monoisotopic (exact) mass is 207 g/mol. The van der Waals surface area contributed by atoms with Crippen molar-refractivity contribution >= 4 is 17.3 Å². The maximum atomic E-state index is 11.6. The van der Waals surface area contributed by atoms with Gasteiger partial charge in [0.2, 0.25) is 0 Å². The van der Waals surface area contributed by atoms with Gasteiger partial charge in [-0.1, -0.05) is 6.07 Å². The number of carbonyl (C=O) groups excluding carboxylic acids is 2. The van der Waals surface area contributed by atoms with E-state index in [1.807, 2.05) is 0 Å². The van der Waals surface area contributed by atoms with E-state index in [9.17, 15) is 9.59 Å². The molecule has 1 aromatic rings. The van der Waals surface area contributed by atoms with Gasteiger partial charge in [0.05, 0.1) is 24.8 Å². The van der Waals surface area contributed by atoms with Gasteiger partial charge in [0.25, 0.3) is 0 Å². The van der Waals surface area contributed by atoms with Gasteiger partial charge in [-0.2, -0.15) is 0 Å². The van der Waals surface area contributed by atoms with E-state index in [1.165, 1.54) is 14.0 Å². The van der Waals surface area contributed by atoms with Crippen molar-refractivity contribution in [1.82, 2.24) is 0 Å². The maximum absolute atomic E-state index is 11.6. The number of para-hydroxylation sites is 1. The number of carbonyl (C=O) groups is 2. The van der Waals surface area contributed by atoms with Crippen molar-refractivity contribution in [3.63, 3.8) is 0 Å². The predicted molar refractivity (Wildman–Crippen MR) is 57.0 cm³/mol. The Bertz CT molecular complexity index is 399. The molecule has 4 heteroatoms. The number of benzene rings is 1. The first kappa shape index (κ1) is 11.2. The lowest BCUT2D eigenvalue weighted by Gasteiger charge is -2.08. The summed E-state index contributed by atoms with van der Waals surface area (Å²) < 4.78 is 5.02. The average Bonchev–Trinajstić information content (AvgIpc) is 2.16. The topological polar surface area (TPSA) is 69.4 Å². The van der Waals surface area contributed by atoms with E-state index in [2.05, 4.69) is 0 Å². The van der Waals surface area contributed by atoms with E-state index in [0.29, 0.717) is 17.0 Å². The molecule has 0 radical (unpaired) electrons. The molecule has 2 N–H and O–H groups in total. The second-order valence-electron chi connectivity index (χ2n) is 3.23. The Kier molecular flexibility index (Phi) is 3.44. The fourth-order valence-corrected chi connectivity index (χ4v) is 1.32. The van der Waals surface area contributed by atoms with Gasteiger partial charge in [0.1, 0.15) is 5.78 Å². The molecule has 0 saturated carbocycles. The predicted octanol–water partition coefficient (Wildman–Crippen LogP) is 1.44. The zero-order chi connectivity index (χ0) is 11.4. The summed E-state index contributed by atoms with van der Waals surface area (Å²) in [6.45, 7) is 1.37. The Labute approximate surface area is 88.0 Å². The van der Waals surface area contributed by atoms with Crippen LogP contribution in [0.3, 0.4) is 0 Å². The summed E-state index contributed by atoms with van der Waals surface area (Å²) in [6.07, 6.45) is -0.125. The smallest absolute Gasteiger partial charge is 0.174 e. The van der Waals surface area contributed by atoms with Crippen LogP contribution in [-0.4, -0.2) is 18.7 Å². The van der Waals surface area contributed by atoms with Crippen molar-refractivity contribution in [1.29, 1.82) is 0 Å². The number of rotatable bonds is 4. The lowest BCUT2D eigenvalue weighted by atomic mass is 10.0. The van der Waals surface area contributed by atoms with E-state index < -0.39 is 0 Å². The summed E-state index contributed by atoms with van der Waals surface area (Å²) >= 11 is 0. The molecule has 0 atom stereocenters. The van der Waals surface area contributed by atoms with E-state index in [0.717, 1.165) is 0 Å². The van der Waals surface area contributed by atoms with Crippen LogP contribution in [0.25, 0.3) is 0 Å². The molecule has 1 rings (SSSR count). The third-order valence-electron chi connectivity index (χ3n) is 1.96. The second kappa shape index (κ2) is 4.59. The van der Waals surface area contributed by atoms with Crippen LogP contribution in [0.15, 0.2) is 18.2 Å². The number of anilines is 1. The summed E-state index contributed by atoms with van der Waals surface area (Å²) in [5, 5.41) is 0. The lowest BCUT2D eigenvalue weighted by Crippen LogP contribution is -2.08. The van der Waals surface area contributed by atoms with Crippen LogP contribution in [0.5, 0.6) is 5.75 Å². The largest absolute Gasteiger partial charge is 0.494 e. The standard InChI is InChI=1S/C11H13NO3/c1-7(13)6-10(14)8-4-3-5-9(12)11(8)15-2/h3-5H,6,12H2,1-2H3. The third kappa shape index (κ3) is 2.56. The molecule has 0 fully saturated rings. The van der Waals surface area contributed by atoms with Gasteiger partial charge in [-0.15, -0.1) is 0 Å². The highest BCUT2D eigenvalue weighted by atomic mass is 16.5. The van der Waals surface area contributed by atoms with Crippen LogP contribution in [0.2, 0.25) is 0 Å². The quantitative estimate of drug-likeness (QED) is 0.460. The van der Waals surface area contributed by atoms with Crippen molar-refractivity contribution < 1.29 is 14.3 Å². The highest BCUT2D eigenvalue weighted by molar-refractivity contribution is 6.09. The van der Waals surface area contributed by atoms with Crippen LogP contribution >= 0.6 is 0 Å². The second-order valence-corrected chi connectivity index (χ2v) is 3.23. The Morgan fingerprint density at radius 3 is 2.60 bits per heavy atom. The summed E-state index contributed by atoms with van der Waals surface area (Å²) in [4.78, 5) is 22.4. The number of nitrogen functional groups attached to an aromatic ring is 1. The van der Waals surface area contributed by atoms with Gasteiger partial charge in [-0.05, 0) is 19.1 Å². The highest BCUT2D eigenvalue weighted by Gasteiger charge is 2.15. The fourth-order valence-electron chi connectivity index (χ4n) is 1.32. The molecule has 0 aliphatic heterocycles. The van der Waals surface area contributed by atoms with E-state index in [4.69, 9.17) is 10.5 Å². The van der Waals surface area contributed by atoms with E-state index in [1.54, 1.807) is 18.2 Å². The molecule has 1 aromatic carbocycles. The normalized spacial score (nSPS) is 9.73. The number of Topliss-reactive ketones (excluding diaryl/α,β-unsaturated/α-hetero) is 2. The zero-order valence-electron chi connectivity index (χ0n) is 8.74. The molecule has 80 valence electrons. The van der Waals surface area contributed by atoms with Crippen molar-refractivity contribution in [2.24, 2.45) is 0 Å². The average molecular weight is 207 g/mol. The minimum absolute atomic E-state index is 0.125. The molecule has 0 spiro atoms. The maximum Gasteiger partial charge on any atom is 0.174 e. The summed E-state index contributed by atoms with van der Waals surface area (Å²) in [5.74, 6) is -0.111. The van der Waals surface area contributed by atoms with Crippen LogP contribution in [0, 0.1) is 0 Å². The number of methoxy groups -OCH3 is 1. The SMILES string of the molecule is COc1c(N)cccc1C(=O)CC(C)=O. The van der Waals surface area contributed by atoms with Gasteiger partial charge < -0.3 is 10.5 Å². The number of ketones is 2. The van der Waals surface area contributed by atoms with Gasteiger partial charge in [0.15, 0.2) is 11.5 Å². The number of hydrogen-bond acceptors (Lipinski definition) is 4. The van der Waals surface area contributed by atoms with E-state index in [-0.39, 0.29) is 18.0 Å². The lowest BCUT2D eigenvalue weighted by molar-refractivity contribution is -0.116. The molecular weight excluding hydrogens is 194 g/mol. The Balaban J connectivity index is 3.08. The fraction of sp³-hybridized carbons (Fsp3) is 0.273. The Hall–Kier alpha value is -1.84. The number of nitrogens with two attached hydrogens (primary N) is 1. The molecule has 0 aliphatic carbocycles.